The number of hydrogen-bond acceptors (Lipinski definition) is 5. The van der Waals surface area contributed by atoms with Gasteiger partial charge in [0.2, 0.25) is 0 Å². The monoisotopic (exact) mass is 828 g/mol. The molecule has 206 valence electrons. The molecule has 0 atom stereocenters. The zero-order chi connectivity index (χ0) is 28.2. The average Bonchev–Trinajstić information content (AvgIpc) is 2.94. The van der Waals surface area contributed by atoms with Crippen molar-refractivity contribution in [1.29, 1.82) is 0 Å². The Morgan fingerprint density at radius 2 is 1.80 bits per heavy atom. The molecule has 5 rings (SSSR count). The number of nitrogens with zero attached hydrogens (tertiary/aromatic N) is 3. The molecular weight excluding hydrogens is 805 g/mol. The van der Waals surface area contributed by atoms with Gasteiger partial charge in [0.25, 0.3) is 11.5 Å². The van der Waals surface area contributed by atoms with Crippen LogP contribution in [0.4, 0.5) is 10.1 Å². The number of ether oxygens (including phenoxy) is 1. The smallest absolute Gasteiger partial charge is 0.282 e. The molecule has 0 bridgehead atoms. The summed E-state index contributed by atoms with van der Waals surface area (Å²) in [5, 5.41) is 7.83. The fraction of sp³-hybridized carbons (Fsp3) is 0.241. The van der Waals surface area contributed by atoms with Crippen molar-refractivity contribution in [2.45, 2.75) is 38.0 Å². The minimum atomic E-state index is -0.373. The average molecular weight is 829 g/mol. The summed E-state index contributed by atoms with van der Waals surface area (Å²) >= 11 is 7.76. The number of fused-ring (bicyclic) bond motifs is 1. The maximum atomic E-state index is 13.6. The molecule has 1 aliphatic carbocycles. The molecule has 1 aliphatic rings. The second kappa shape index (κ2) is 13.1. The lowest BCUT2D eigenvalue weighted by Gasteiger charge is -2.22. The maximum absolute atomic E-state index is 13.6. The van der Waals surface area contributed by atoms with Crippen LogP contribution in [0.15, 0.2) is 69.0 Å². The molecule has 0 radical (unpaired) electrons. The van der Waals surface area contributed by atoms with E-state index in [4.69, 9.17) is 9.72 Å². The number of halogens is 4. The zero-order valence-electron chi connectivity index (χ0n) is 21.2. The van der Waals surface area contributed by atoms with Crippen LogP contribution < -0.4 is 15.6 Å². The predicted octanol–water partition coefficient (Wildman–Crippen LogP) is 7.45. The summed E-state index contributed by atoms with van der Waals surface area (Å²) in [5.41, 5.74) is 1.76. The van der Waals surface area contributed by atoms with Crippen molar-refractivity contribution in [3.8, 4) is 5.75 Å². The molecule has 4 aromatic rings. The highest BCUT2D eigenvalue weighted by atomic mass is 127. The van der Waals surface area contributed by atoms with E-state index in [0.717, 1.165) is 42.9 Å². The van der Waals surface area contributed by atoms with Crippen molar-refractivity contribution in [1.82, 2.24) is 9.66 Å². The molecule has 0 unspecified atom stereocenters. The molecule has 1 saturated carbocycles. The van der Waals surface area contributed by atoms with E-state index in [1.54, 1.807) is 12.3 Å². The van der Waals surface area contributed by atoms with Gasteiger partial charge in [-0.25, -0.2) is 9.37 Å². The van der Waals surface area contributed by atoms with Crippen LogP contribution >= 0.6 is 61.1 Å². The SMILES string of the molecule is O=C(COc1c(I)cc(C=Nn2c(C3CCCCC3)nc3ccc(Br)cc3c2=O)cc1I)Nc1ccc(F)cc1. The largest absolute Gasteiger partial charge is 0.482 e. The van der Waals surface area contributed by atoms with Crippen LogP contribution in [0.3, 0.4) is 0 Å². The predicted molar refractivity (Wildman–Crippen MR) is 175 cm³/mol. The molecule has 11 heteroatoms. The third-order valence-corrected chi connectivity index (χ3v) is 8.72. The molecule has 7 nitrogen and oxygen atoms in total. The molecule has 1 heterocycles. The van der Waals surface area contributed by atoms with Crippen molar-refractivity contribution in [3.63, 3.8) is 0 Å². The Hall–Kier alpha value is -2.39. The minimum Gasteiger partial charge on any atom is -0.482 e. The lowest BCUT2D eigenvalue weighted by molar-refractivity contribution is -0.118. The van der Waals surface area contributed by atoms with Gasteiger partial charge in [0.05, 0.1) is 24.3 Å². The van der Waals surface area contributed by atoms with Gasteiger partial charge in [0.1, 0.15) is 17.4 Å². The first kappa shape index (κ1) is 29.1. The van der Waals surface area contributed by atoms with Gasteiger partial charge in [-0.2, -0.15) is 9.78 Å². The Bertz CT molecular complexity index is 1630. The highest BCUT2D eigenvalue weighted by molar-refractivity contribution is 14.1. The first-order chi connectivity index (χ1) is 19.3. The molecule has 0 aliphatic heterocycles. The summed E-state index contributed by atoms with van der Waals surface area (Å²) in [6.45, 7) is -0.199. The lowest BCUT2D eigenvalue weighted by atomic mass is 9.88. The van der Waals surface area contributed by atoms with Gasteiger partial charge >= 0.3 is 0 Å². The summed E-state index contributed by atoms with van der Waals surface area (Å²) in [7, 11) is 0. The standard InChI is InChI=1S/C29H24BrFI2N4O3/c30-19-6-11-25-22(14-19)29(39)37(28(36-25)18-4-2-1-3-5-18)34-15-17-12-23(32)27(24(33)13-17)40-16-26(38)35-21-9-7-20(31)8-10-21/h6-15,18H,1-5,16H2,(H,35,38). The number of nitrogens with one attached hydrogen (secondary N) is 1. The number of amides is 1. The van der Waals surface area contributed by atoms with E-state index < -0.39 is 0 Å². The number of carbonyl (C=O) groups excluding carboxylic acids is 1. The Kier molecular flexibility index (Phi) is 9.51. The highest BCUT2D eigenvalue weighted by Gasteiger charge is 2.22. The van der Waals surface area contributed by atoms with E-state index in [0.29, 0.717) is 28.2 Å². The topological polar surface area (TPSA) is 85.6 Å². The Labute approximate surface area is 266 Å². The molecule has 1 amide bonds. The van der Waals surface area contributed by atoms with Crippen molar-refractivity contribution in [3.05, 3.63) is 93.8 Å². The summed E-state index contributed by atoms with van der Waals surface area (Å²) in [6.07, 6.45) is 7.06. The van der Waals surface area contributed by atoms with Gasteiger partial charge in [0.15, 0.2) is 6.61 Å². The van der Waals surface area contributed by atoms with Crippen LogP contribution in [0, 0.1) is 13.0 Å². The zero-order valence-corrected chi connectivity index (χ0v) is 27.1. The third kappa shape index (κ3) is 6.90. The highest BCUT2D eigenvalue weighted by Crippen LogP contribution is 2.32. The first-order valence-corrected chi connectivity index (χ1v) is 15.7. The number of hydrogen-bond donors (Lipinski definition) is 1. The van der Waals surface area contributed by atoms with Gasteiger partial charge in [-0.3, -0.25) is 9.59 Å². The van der Waals surface area contributed by atoms with Crippen molar-refractivity contribution < 1.29 is 13.9 Å². The van der Waals surface area contributed by atoms with E-state index >= 15 is 0 Å². The Morgan fingerprint density at radius 1 is 1.10 bits per heavy atom. The fourth-order valence-electron chi connectivity index (χ4n) is 4.69. The van der Waals surface area contributed by atoms with Crippen LogP contribution in [-0.4, -0.2) is 28.4 Å². The van der Waals surface area contributed by atoms with E-state index in [2.05, 4.69) is 71.5 Å². The van der Waals surface area contributed by atoms with Gasteiger partial charge in [-0.1, -0.05) is 35.2 Å². The number of aromatic nitrogens is 2. The molecule has 40 heavy (non-hydrogen) atoms. The Morgan fingerprint density at radius 3 is 2.50 bits per heavy atom. The summed E-state index contributed by atoms with van der Waals surface area (Å²) in [4.78, 5) is 30.8. The van der Waals surface area contributed by atoms with Crippen LogP contribution in [0.5, 0.6) is 5.75 Å². The molecule has 3 aromatic carbocycles. The minimum absolute atomic E-state index is 0.184. The molecule has 0 spiro atoms. The quantitative estimate of drug-likeness (QED) is 0.155. The lowest BCUT2D eigenvalue weighted by Crippen LogP contribution is -2.25. The number of benzene rings is 3. The summed E-state index contributed by atoms with van der Waals surface area (Å²) in [5.74, 6) is 0.733. The number of rotatable bonds is 7. The molecular formula is C29H24BrFI2N4O3. The van der Waals surface area contributed by atoms with Crippen LogP contribution in [0.1, 0.15) is 49.4 Å². The molecule has 1 N–H and O–H groups in total. The Balaban J connectivity index is 1.38. The fourth-order valence-corrected chi connectivity index (χ4v) is 7.18. The van der Waals surface area contributed by atoms with Crippen LogP contribution in [0.25, 0.3) is 10.9 Å². The van der Waals surface area contributed by atoms with Crippen molar-refractivity contribution >= 4 is 89.8 Å². The van der Waals surface area contributed by atoms with E-state index in [9.17, 15) is 14.0 Å². The van der Waals surface area contributed by atoms with Crippen molar-refractivity contribution in [2.75, 3.05) is 11.9 Å². The van der Waals surface area contributed by atoms with E-state index in [1.165, 1.54) is 35.4 Å². The summed E-state index contributed by atoms with van der Waals surface area (Å²) < 4.78 is 22.8. The second-order valence-corrected chi connectivity index (χ2v) is 12.7. The molecule has 1 fully saturated rings. The molecule has 0 saturated heterocycles. The molecule has 1 aromatic heterocycles. The first-order valence-electron chi connectivity index (χ1n) is 12.7. The van der Waals surface area contributed by atoms with Crippen molar-refractivity contribution in [2.24, 2.45) is 5.10 Å². The van der Waals surface area contributed by atoms with Crippen LogP contribution in [-0.2, 0) is 4.79 Å². The van der Waals surface area contributed by atoms with E-state index in [1.807, 2.05) is 24.3 Å². The van der Waals surface area contributed by atoms with Gasteiger partial charge in [-0.15, -0.1) is 0 Å². The number of carbonyl (C=O) groups is 1. The van der Waals surface area contributed by atoms with Crippen LogP contribution in [0.2, 0.25) is 0 Å². The maximum Gasteiger partial charge on any atom is 0.282 e. The van der Waals surface area contributed by atoms with Gasteiger partial charge in [-0.05, 0) is 118 Å². The van der Waals surface area contributed by atoms with Gasteiger partial charge in [0, 0.05) is 16.1 Å². The normalized spacial score (nSPS) is 14.1. The van der Waals surface area contributed by atoms with E-state index in [-0.39, 0.29) is 29.8 Å². The second-order valence-electron chi connectivity index (χ2n) is 9.49. The third-order valence-electron chi connectivity index (χ3n) is 6.62. The number of anilines is 1. The van der Waals surface area contributed by atoms with Gasteiger partial charge < -0.3 is 10.1 Å². The summed E-state index contributed by atoms with van der Waals surface area (Å²) in [6, 6.07) is 14.9.